The fraction of sp³-hybridized carbons (Fsp3) is 0.900. The first-order chi connectivity index (χ1) is 6.34. The van der Waals surface area contributed by atoms with Crippen molar-refractivity contribution in [3.63, 3.8) is 0 Å². The van der Waals surface area contributed by atoms with Crippen LogP contribution in [0.5, 0.6) is 0 Å². The minimum atomic E-state index is 0.200. The van der Waals surface area contributed by atoms with Gasteiger partial charge < -0.3 is 10.1 Å². The Morgan fingerprint density at radius 2 is 2.15 bits per heavy atom. The second-order valence-electron chi connectivity index (χ2n) is 3.53. The lowest BCUT2D eigenvalue weighted by Gasteiger charge is -2.21. The fourth-order valence-electron chi connectivity index (χ4n) is 1.49. The second-order valence-corrected chi connectivity index (χ2v) is 3.53. The van der Waals surface area contributed by atoms with Gasteiger partial charge in [-0.2, -0.15) is 0 Å². The van der Waals surface area contributed by atoms with E-state index in [0.717, 1.165) is 45.4 Å². The van der Waals surface area contributed by atoms with Crippen molar-refractivity contribution in [2.45, 2.75) is 32.6 Å². The molecule has 1 N–H and O–H groups in total. The first kappa shape index (κ1) is 10.5. The molecule has 1 amide bonds. The van der Waals surface area contributed by atoms with Crippen LogP contribution in [0.2, 0.25) is 0 Å². The molecule has 0 aromatic carbocycles. The highest BCUT2D eigenvalue weighted by Crippen LogP contribution is 2.14. The van der Waals surface area contributed by atoms with E-state index in [9.17, 15) is 4.79 Å². The number of rotatable bonds is 4. The predicted octanol–water partition coefficient (Wildman–Crippen LogP) is 1.33. The Labute approximate surface area is 79.8 Å². The molecule has 0 aliphatic carbocycles. The Balaban J connectivity index is 2.13. The zero-order chi connectivity index (χ0) is 9.52. The van der Waals surface area contributed by atoms with E-state index in [0.29, 0.717) is 0 Å². The van der Waals surface area contributed by atoms with Gasteiger partial charge in [0.25, 0.3) is 0 Å². The van der Waals surface area contributed by atoms with Gasteiger partial charge in [-0.15, -0.1) is 0 Å². The molecule has 1 heterocycles. The van der Waals surface area contributed by atoms with Crippen LogP contribution >= 0.6 is 0 Å². The maximum Gasteiger partial charge on any atom is 0.223 e. The van der Waals surface area contributed by atoms with Crippen LogP contribution in [0.15, 0.2) is 0 Å². The number of hydrogen-bond donors (Lipinski definition) is 1. The van der Waals surface area contributed by atoms with E-state index in [4.69, 9.17) is 4.74 Å². The molecule has 13 heavy (non-hydrogen) atoms. The molecule has 0 spiro atoms. The lowest BCUT2D eigenvalue weighted by Crippen LogP contribution is -2.34. The zero-order valence-electron chi connectivity index (χ0n) is 8.34. The Morgan fingerprint density at radius 3 is 2.77 bits per heavy atom. The van der Waals surface area contributed by atoms with Crippen molar-refractivity contribution < 1.29 is 9.53 Å². The number of ether oxygens (including phenoxy) is 1. The highest BCUT2D eigenvalue weighted by Gasteiger charge is 2.20. The molecule has 1 rings (SSSR count). The quantitative estimate of drug-likeness (QED) is 0.671. The van der Waals surface area contributed by atoms with Gasteiger partial charge in [-0.3, -0.25) is 4.79 Å². The van der Waals surface area contributed by atoms with E-state index in [1.54, 1.807) is 0 Å². The van der Waals surface area contributed by atoms with Crippen molar-refractivity contribution >= 4 is 5.91 Å². The van der Waals surface area contributed by atoms with Crippen LogP contribution in [0, 0.1) is 5.92 Å². The Kier molecular flexibility index (Phi) is 4.83. The first-order valence-electron chi connectivity index (χ1n) is 5.20. The third-order valence-electron chi connectivity index (χ3n) is 2.42. The van der Waals surface area contributed by atoms with Crippen LogP contribution in [0.3, 0.4) is 0 Å². The molecule has 0 atom stereocenters. The topological polar surface area (TPSA) is 38.3 Å². The summed E-state index contributed by atoms with van der Waals surface area (Å²) in [7, 11) is 0. The maximum atomic E-state index is 11.5. The summed E-state index contributed by atoms with van der Waals surface area (Å²) in [6, 6.07) is 0. The van der Waals surface area contributed by atoms with Crippen molar-refractivity contribution in [1.82, 2.24) is 5.32 Å². The summed E-state index contributed by atoms with van der Waals surface area (Å²) in [6.45, 7) is 4.44. The van der Waals surface area contributed by atoms with Crippen molar-refractivity contribution in [2.24, 2.45) is 5.92 Å². The highest BCUT2D eigenvalue weighted by atomic mass is 16.5. The molecule has 1 aliphatic rings. The molecule has 0 bridgehead atoms. The van der Waals surface area contributed by atoms with Crippen LogP contribution in [0.25, 0.3) is 0 Å². The Morgan fingerprint density at radius 1 is 1.46 bits per heavy atom. The average molecular weight is 185 g/mol. The summed E-state index contributed by atoms with van der Waals surface area (Å²) in [5.74, 6) is 0.419. The van der Waals surface area contributed by atoms with Gasteiger partial charge in [-0.25, -0.2) is 0 Å². The summed E-state index contributed by atoms with van der Waals surface area (Å²) in [6.07, 6.45) is 3.99. The normalized spacial score (nSPS) is 18.5. The minimum absolute atomic E-state index is 0.200. The molecule has 3 heteroatoms. The lowest BCUT2D eigenvalue weighted by molar-refractivity contribution is -0.127. The smallest absolute Gasteiger partial charge is 0.223 e. The third-order valence-corrected chi connectivity index (χ3v) is 2.42. The van der Waals surface area contributed by atoms with Gasteiger partial charge in [0, 0.05) is 25.7 Å². The monoisotopic (exact) mass is 185 g/mol. The first-order valence-corrected chi connectivity index (χ1v) is 5.20. The van der Waals surface area contributed by atoms with E-state index in [2.05, 4.69) is 12.2 Å². The number of amides is 1. The van der Waals surface area contributed by atoms with Crippen molar-refractivity contribution in [3.05, 3.63) is 0 Å². The van der Waals surface area contributed by atoms with E-state index < -0.39 is 0 Å². The number of nitrogens with one attached hydrogen (secondary N) is 1. The summed E-state index contributed by atoms with van der Waals surface area (Å²) in [4.78, 5) is 11.5. The molecule has 0 radical (unpaired) electrons. The molecule has 1 saturated heterocycles. The van der Waals surface area contributed by atoms with E-state index in [-0.39, 0.29) is 11.8 Å². The van der Waals surface area contributed by atoms with Crippen molar-refractivity contribution in [2.75, 3.05) is 19.8 Å². The average Bonchev–Trinajstić information content (AvgIpc) is 2.19. The molecule has 0 unspecified atom stereocenters. The molecule has 3 nitrogen and oxygen atoms in total. The number of carbonyl (C=O) groups excluding carboxylic acids is 1. The standard InChI is InChI=1S/C10H19NO2/c1-2-3-6-11-10(12)9-4-7-13-8-5-9/h9H,2-8H2,1H3,(H,11,12). The molecular formula is C10H19NO2. The van der Waals surface area contributed by atoms with Crippen LogP contribution in [-0.4, -0.2) is 25.7 Å². The van der Waals surface area contributed by atoms with Gasteiger partial charge in [-0.05, 0) is 19.3 Å². The van der Waals surface area contributed by atoms with Crippen LogP contribution in [-0.2, 0) is 9.53 Å². The molecular weight excluding hydrogens is 166 g/mol. The molecule has 76 valence electrons. The fourth-order valence-corrected chi connectivity index (χ4v) is 1.49. The zero-order valence-corrected chi connectivity index (χ0v) is 8.34. The van der Waals surface area contributed by atoms with E-state index in [1.165, 1.54) is 0 Å². The largest absolute Gasteiger partial charge is 0.381 e. The van der Waals surface area contributed by atoms with Gasteiger partial charge in [0.2, 0.25) is 5.91 Å². The highest BCUT2D eigenvalue weighted by molar-refractivity contribution is 5.78. The van der Waals surface area contributed by atoms with Gasteiger partial charge in [-0.1, -0.05) is 13.3 Å². The Hall–Kier alpha value is -0.570. The maximum absolute atomic E-state index is 11.5. The van der Waals surface area contributed by atoms with Gasteiger partial charge in [0.15, 0.2) is 0 Å². The third kappa shape index (κ3) is 3.77. The lowest BCUT2D eigenvalue weighted by atomic mass is 9.99. The van der Waals surface area contributed by atoms with E-state index in [1.807, 2.05) is 0 Å². The number of carbonyl (C=O) groups is 1. The molecule has 0 saturated carbocycles. The van der Waals surface area contributed by atoms with Gasteiger partial charge in [0.05, 0.1) is 0 Å². The summed E-state index contributed by atoms with van der Waals surface area (Å²) < 4.78 is 5.20. The van der Waals surface area contributed by atoms with Crippen molar-refractivity contribution in [3.8, 4) is 0 Å². The van der Waals surface area contributed by atoms with Crippen LogP contribution in [0.1, 0.15) is 32.6 Å². The molecule has 1 fully saturated rings. The summed E-state index contributed by atoms with van der Waals surface area (Å²) in [5, 5.41) is 2.96. The molecule has 0 aromatic rings. The summed E-state index contributed by atoms with van der Waals surface area (Å²) in [5.41, 5.74) is 0. The second kappa shape index (κ2) is 5.97. The predicted molar refractivity (Wildman–Crippen MR) is 51.5 cm³/mol. The summed E-state index contributed by atoms with van der Waals surface area (Å²) >= 11 is 0. The molecule has 0 aromatic heterocycles. The van der Waals surface area contributed by atoms with Crippen LogP contribution in [0.4, 0.5) is 0 Å². The van der Waals surface area contributed by atoms with Gasteiger partial charge >= 0.3 is 0 Å². The number of unbranched alkanes of at least 4 members (excludes halogenated alkanes) is 1. The van der Waals surface area contributed by atoms with Crippen LogP contribution < -0.4 is 5.32 Å². The van der Waals surface area contributed by atoms with Crippen molar-refractivity contribution in [1.29, 1.82) is 0 Å². The number of hydrogen-bond acceptors (Lipinski definition) is 2. The van der Waals surface area contributed by atoms with Gasteiger partial charge in [0.1, 0.15) is 0 Å². The van der Waals surface area contributed by atoms with E-state index >= 15 is 0 Å². The molecule has 1 aliphatic heterocycles. The Bertz CT molecular complexity index is 153. The SMILES string of the molecule is CCCCNC(=O)C1CCOCC1. The minimum Gasteiger partial charge on any atom is -0.381 e.